The summed E-state index contributed by atoms with van der Waals surface area (Å²) in [7, 11) is 0. The normalized spacial score (nSPS) is 18.1. The molecule has 1 aliphatic rings. The number of rotatable bonds is 6. The highest BCUT2D eigenvalue weighted by Crippen LogP contribution is 2.23. The van der Waals surface area contributed by atoms with E-state index in [9.17, 15) is 4.79 Å². The molecule has 1 aliphatic heterocycles. The van der Waals surface area contributed by atoms with E-state index < -0.39 is 6.29 Å². The Morgan fingerprint density at radius 1 is 1.15 bits per heavy atom. The van der Waals surface area contributed by atoms with Gasteiger partial charge in [-0.25, -0.2) is 9.97 Å². The molecule has 0 aliphatic carbocycles. The lowest BCUT2D eigenvalue weighted by Crippen LogP contribution is -2.60. The monoisotopic (exact) mass is 475 g/mol. The third-order valence-electron chi connectivity index (χ3n) is 5.59. The predicted octanol–water partition coefficient (Wildman–Crippen LogP) is 2.50. The van der Waals surface area contributed by atoms with Gasteiger partial charge in [-0.1, -0.05) is 41.6 Å². The Kier molecular flexibility index (Phi) is 6.12. The summed E-state index contributed by atoms with van der Waals surface area (Å²) in [6.07, 6.45) is -0.131. The van der Waals surface area contributed by atoms with Gasteiger partial charge >= 0.3 is 0 Å². The van der Waals surface area contributed by atoms with Crippen LogP contribution in [0.4, 0.5) is 5.95 Å². The largest absolute Gasteiger partial charge is 0.323 e. The average molecular weight is 476 g/mol. The van der Waals surface area contributed by atoms with Gasteiger partial charge in [0.05, 0.1) is 16.9 Å². The van der Waals surface area contributed by atoms with Crippen molar-refractivity contribution in [2.45, 2.75) is 44.7 Å². The first kappa shape index (κ1) is 22.2. The lowest BCUT2D eigenvalue weighted by Gasteiger charge is -2.31. The van der Waals surface area contributed by atoms with Crippen LogP contribution in [-0.4, -0.2) is 54.2 Å². The van der Waals surface area contributed by atoms with Crippen LogP contribution in [0.1, 0.15) is 23.2 Å². The lowest BCUT2D eigenvalue weighted by atomic mass is 10.1. The van der Waals surface area contributed by atoms with Crippen LogP contribution in [0.25, 0.3) is 16.6 Å². The van der Waals surface area contributed by atoms with Crippen LogP contribution in [0, 0.1) is 20.8 Å². The SMILES string of the molecule is Cc1cc(C)c2nc(NC3NC(=O)CC(CSc4nnnn4-c4ccccc4)N3)nc(C)c2c1. The molecule has 0 saturated carbocycles. The number of tetrazole rings is 1. The van der Waals surface area contributed by atoms with E-state index in [4.69, 9.17) is 4.98 Å². The number of para-hydroxylation sites is 1. The van der Waals surface area contributed by atoms with E-state index in [0.29, 0.717) is 23.3 Å². The summed E-state index contributed by atoms with van der Waals surface area (Å²) < 4.78 is 1.69. The predicted molar refractivity (Wildman–Crippen MR) is 131 cm³/mol. The van der Waals surface area contributed by atoms with Gasteiger partial charge < -0.3 is 10.6 Å². The van der Waals surface area contributed by atoms with Gasteiger partial charge in [-0.2, -0.15) is 4.68 Å². The lowest BCUT2D eigenvalue weighted by molar-refractivity contribution is -0.123. The molecule has 11 heteroatoms. The Balaban J connectivity index is 1.28. The fraction of sp³-hybridized carbons (Fsp3) is 0.304. The summed E-state index contributed by atoms with van der Waals surface area (Å²) in [6, 6.07) is 13.8. The van der Waals surface area contributed by atoms with Crippen LogP contribution in [0.5, 0.6) is 0 Å². The number of benzene rings is 2. The number of carbonyl (C=O) groups is 1. The molecule has 0 radical (unpaired) electrons. The number of carbonyl (C=O) groups excluding carboxylic acids is 1. The van der Waals surface area contributed by atoms with Crippen LogP contribution in [-0.2, 0) is 4.79 Å². The zero-order chi connectivity index (χ0) is 23.7. The number of nitrogens with one attached hydrogen (secondary N) is 3. The van der Waals surface area contributed by atoms with Crippen molar-refractivity contribution >= 4 is 34.5 Å². The van der Waals surface area contributed by atoms with Gasteiger partial charge in [0, 0.05) is 23.6 Å². The zero-order valence-electron chi connectivity index (χ0n) is 19.1. The molecule has 2 aromatic heterocycles. The van der Waals surface area contributed by atoms with E-state index in [1.165, 1.54) is 17.3 Å². The Morgan fingerprint density at radius 2 is 1.97 bits per heavy atom. The molecule has 2 aromatic carbocycles. The molecular formula is C23H25N9OS. The molecule has 174 valence electrons. The van der Waals surface area contributed by atoms with Crippen molar-refractivity contribution in [3.8, 4) is 5.69 Å². The number of anilines is 1. The molecule has 2 unspecified atom stereocenters. The van der Waals surface area contributed by atoms with Crippen molar-refractivity contribution in [2.24, 2.45) is 0 Å². The quantitative estimate of drug-likeness (QED) is 0.361. The smallest absolute Gasteiger partial charge is 0.226 e. The summed E-state index contributed by atoms with van der Waals surface area (Å²) in [4.78, 5) is 21.7. The summed E-state index contributed by atoms with van der Waals surface area (Å²) in [5.74, 6) is 1.04. The second-order valence-electron chi connectivity index (χ2n) is 8.34. The standard InChI is InChI=1S/C23H25N9OS/c1-13-9-14(2)20-18(10-13)15(3)24-21(27-20)28-22-25-16(11-19(33)26-22)12-34-23-29-30-31-32(23)17-7-5-4-6-8-17/h4-10,16,22,25H,11-12H2,1-3H3,(H,26,33)(H,24,27,28). The van der Waals surface area contributed by atoms with Crippen molar-refractivity contribution in [2.75, 3.05) is 11.1 Å². The number of aromatic nitrogens is 6. The van der Waals surface area contributed by atoms with Crippen LogP contribution in [0.2, 0.25) is 0 Å². The molecule has 1 amide bonds. The fourth-order valence-electron chi connectivity index (χ4n) is 4.07. The maximum Gasteiger partial charge on any atom is 0.226 e. The first-order chi connectivity index (χ1) is 16.5. The molecule has 1 saturated heterocycles. The third kappa shape index (κ3) is 4.70. The van der Waals surface area contributed by atoms with Crippen LogP contribution < -0.4 is 16.0 Å². The number of fused-ring (bicyclic) bond motifs is 1. The first-order valence-corrected chi connectivity index (χ1v) is 12.0. The summed E-state index contributed by atoms with van der Waals surface area (Å²) in [5, 5.41) is 23.3. The van der Waals surface area contributed by atoms with E-state index in [1.54, 1.807) is 4.68 Å². The van der Waals surface area contributed by atoms with Gasteiger partial charge in [-0.15, -0.1) is 5.10 Å². The van der Waals surface area contributed by atoms with Gasteiger partial charge in [-0.05, 0) is 55.0 Å². The van der Waals surface area contributed by atoms with E-state index in [2.05, 4.69) is 55.5 Å². The molecule has 4 aromatic rings. The Labute approximate surface area is 200 Å². The molecule has 3 heterocycles. The minimum atomic E-state index is -0.487. The number of aryl methyl sites for hydroxylation is 3. The fourth-order valence-corrected chi connectivity index (χ4v) is 4.99. The number of thioether (sulfide) groups is 1. The van der Waals surface area contributed by atoms with Gasteiger partial charge in [0.2, 0.25) is 17.0 Å². The number of hydrogen-bond acceptors (Lipinski definition) is 9. The second-order valence-corrected chi connectivity index (χ2v) is 9.33. The molecular weight excluding hydrogens is 450 g/mol. The maximum absolute atomic E-state index is 12.4. The van der Waals surface area contributed by atoms with E-state index >= 15 is 0 Å². The molecule has 3 N–H and O–H groups in total. The summed E-state index contributed by atoms with van der Waals surface area (Å²) in [6.45, 7) is 6.08. The minimum Gasteiger partial charge on any atom is -0.323 e. The Hall–Kier alpha value is -3.57. The summed E-state index contributed by atoms with van der Waals surface area (Å²) in [5.41, 5.74) is 4.95. The third-order valence-corrected chi connectivity index (χ3v) is 6.68. The van der Waals surface area contributed by atoms with E-state index in [0.717, 1.165) is 27.8 Å². The van der Waals surface area contributed by atoms with Gasteiger partial charge in [0.15, 0.2) is 6.29 Å². The molecule has 10 nitrogen and oxygen atoms in total. The molecule has 34 heavy (non-hydrogen) atoms. The highest BCUT2D eigenvalue weighted by Gasteiger charge is 2.27. The van der Waals surface area contributed by atoms with Crippen molar-refractivity contribution in [1.82, 2.24) is 40.8 Å². The molecule has 0 bridgehead atoms. The number of nitrogens with zero attached hydrogens (tertiary/aromatic N) is 6. The van der Waals surface area contributed by atoms with Crippen LogP contribution in [0.15, 0.2) is 47.6 Å². The Morgan fingerprint density at radius 3 is 2.79 bits per heavy atom. The van der Waals surface area contributed by atoms with Gasteiger partial charge in [0.1, 0.15) is 0 Å². The van der Waals surface area contributed by atoms with E-state index in [-0.39, 0.29) is 11.9 Å². The van der Waals surface area contributed by atoms with E-state index in [1.807, 2.05) is 44.2 Å². The highest BCUT2D eigenvalue weighted by molar-refractivity contribution is 7.99. The number of hydrogen-bond donors (Lipinski definition) is 3. The van der Waals surface area contributed by atoms with Crippen LogP contribution in [0.3, 0.4) is 0 Å². The van der Waals surface area contributed by atoms with Gasteiger partial charge in [0.25, 0.3) is 0 Å². The topological polar surface area (TPSA) is 123 Å². The molecule has 5 rings (SSSR count). The summed E-state index contributed by atoms with van der Waals surface area (Å²) >= 11 is 1.50. The number of amides is 1. The maximum atomic E-state index is 12.4. The van der Waals surface area contributed by atoms with Crippen molar-refractivity contribution in [1.29, 1.82) is 0 Å². The second kappa shape index (κ2) is 9.35. The minimum absolute atomic E-state index is 0.0474. The molecule has 0 spiro atoms. The molecule has 1 fully saturated rings. The van der Waals surface area contributed by atoms with Crippen LogP contribution >= 0.6 is 11.8 Å². The zero-order valence-corrected chi connectivity index (χ0v) is 19.9. The Bertz CT molecular complexity index is 1340. The highest BCUT2D eigenvalue weighted by atomic mass is 32.2. The molecule has 2 atom stereocenters. The van der Waals surface area contributed by atoms with Gasteiger partial charge in [-0.3, -0.25) is 10.1 Å². The van der Waals surface area contributed by atoms with Crippen molar-refractivity contribution < 1.29 is 4.79 Å². The van der Waals surface area contributed by atoms with Crippen molar-refractivity contribution in [3.05, 3.63) is 59.3 Å². The van der Waals surface area contributed by atoms with Crippen molar-refractivity contribution in [3.63, 3.8) is 0 Å². The average Bonchev–Trinajstić information content (AvgIpc) is 3.28. The first-order valence-electron chi connectivity index (χ1n) is 11.0.